The molecule has 0 aliphatic heterocycles. The molecule has 118 valence electrons. The van der Waals surface area contributed by atoms with Crippen molar-refractivity contribution in [3.63, 3.8) is 0 Å². The van der Waals surface area contributed by atoms with Gasteiger partial charge < -0.3 is 5.32 Å². The Morgan fingerprint density at radius 3 is 2.78 bits per heavy atom. The summed E-state index contributed by atoms with van der Waals surface area (Å²) in [4.78, 5) is 13.2. The first-order chi connectivity index (χ1) is 11.2. The molecule has 6 heteroatoms. The molecule has 0 unspecified atom stereocenters. The molecule has 3 aromatic rings. The average Bonchev–Trinajstić information content (AvgIpc) is 2.96. The molecule has 0 bridgehead atoms. The third-order valence-electron chi connectivity index (χ3n) is 3.43. The first-order valence-electron chi connectivity index (χ1n) is 7.47. The summed E-state index contributed by atoms with van der Waals surface area (Å²) in [7, 11) is 0. The van der Waals surface area contributed by atoms with Crippen molar-refractivity contribution in [3.05, 3.63) is 54.1 Å². The van der Waals surface area contributed by atoms with Gasteiger partial charge in [-0.15, -0.1) is 16.9 Å². The lowest BCUT2D eigenvalue weighted by Gasteiger charge is -2.06. The van der Waals surface area contributed by atoms with Crippen molar-refractivity contribution < 1.29 is 4.79 Å². The third kappa shape index (κ3) is 4.10. The summed E-state index contributed by atoms with van der Waals surface area (Å²) in [5, 5.41) is 11.0. The van der Waals surface area contributed by atoms with E-state index in [1.165, 1.54) is 10.5 Å². The lowest BCUT2D eigenvalue weighted by Crippen LogP contribution is -2.29. The number of carbonyl (C=O) groups is 1. The van der Waals surface area contributed by atoms with E-state index < -0.39 is 0 Å². The number of fused-ring (bicyclic) bond motifs is 1. The van der Waals surface area contributed by atoms with Gasteiger partial charge in [-0.25, -0.2) is 4.68 Å². The molecule has 5 nitrogen and oxygen atoms in total. The maximum absolute atomic E-state index is 12.0. The highest BCUT2D eigenvalue weighted by Gasteiger charge is 2.07. The van der Waals surface area contributed by atoms with Crippen molar-refractivity contribution in [3.8, 4) is 0 Å². The second-order valence-electron chi connectivity index (χ2n) is 5.25. The molecule has 0 radical (unpaired) electrons. The van der Waals surface area contributed by atoms with Crippen LogP contribution < -0.4 is 5.32 Å². The van der Waals surface area contributed by atoms with Crippen molar-refractivity contribution >= 4 is 28.7 Å². The molecule has 0 saturated heterocycles. The molecule has 2 aromatic carbocycles. The van der Waals surface area contributed by atoms with Gasteiger partial charge in [-0.1, -0.05) is 35.0 Å². The van der Waals surface area contributed by atoms with Gasteiger partial charge in [0.2, 0.25) is 5.91 Å². The molecule has 23 heavy (non-hydrogen) atoms. The number of nitrogens with one attached hydrogen (secondary N) is 1. The number of carbonyl (C=O) groups excluding carboxylic acids is 1. The maximum Gasteiger partial charge on any atom is 0.241 e. The third-order valence-corrected chi connectivity index (χ3v) is 4.44. The van der Waals surface area contributed by atoms with E-state index in [1.54, 1.807) is 16.4 Å². The lowest BCUT2D eigenvalue weighted by atomic mass is 10.2. The Hall–Kier alpha value is -2.34. The maximum atomic E-state index is 12.0. The molecular weight excluding hydrogens is 308 g/mol. The summed E-state index contributed by atoms with van der Waals surface area (Å²) in [5.74, 6) is 0.789. The van der Waals surface area contributed by atoms with Gasteiger partial charge in [-0.3, -0.25) is 4.79 Å². The monoisotopic (exact) mass is 326 g/mol. The second-order valence-corrected chi connectivity index (χ2v) is 6.42. The molecule has 1 amide bonds. The predicted molar refractivity (Wildman–Crippen MR) is 92.4 cm³/mol. The van der Waals surface area contributed by atoms with E-state index in [9.17, 15) is 4.79 Å². The molecule has 1 N–H and O–H groups in total. The van der Waals surface area contributed by atoms with E-state index in [0.29, 0.717) is 6.54 Å². The fourth-order valence-electron chi connectivity index (χ4n) is 2.22. The van der Waals surface area contributed by atoms with Crippen LogP contribution in [0.25, 0.3) is 11.0 Å². The largest absolute Gasteiger partial charge is 0.354 e. The molecule has 0 aliphatic carbocycles. The number of nitrogens with zero attached hydrogens (tertiary/aromatic N) is 3. The SMILES string of the molecule is Cc1ccc(SCCNC(=O)Cn2nnc3ccccc32)cc1. The standard InChI is InChI=1S/C17H18N4OS/c1-13-6-8-14(9-7-13)23-11-10-18-17(22)12-21-16-5-3-2-4-15(16)19-20-21/h2-9H,10-12H2,1H3,(H,18,22). The van der Waals surface area contributed by atoms with Crippen molar-refractivity contribution in [2.75, 3.05) is 12.3 Å². The van der Waals surface area contributed by atoms with Gasteiger partial charge in [0.05, 0.1) is 5.52 Å². The average molecular weight is 326 g/mol. The van der Waals surface area contributed by atoms with Crippen LogP contribution in [-0.4, -0.2) is 33.2 Å². The number of rotatable bonds is 6. The number of aryl methyl sites for hydroxylation is 1. The van der Waals surface area contributed by atoms with Crippen LogP contribution in [0.3, 0.4) is 0 Å². The summed E-state index contributed by atoms with van der Waals surface area (Å²) < 4.78 is 1.62. The Morgan fingerprint density at radius 1 is 1.17 bits per heavy atom. The summed E-state index contributed by atoms with van der Waals surface area (Å²) >= 11 is 1.73. The quantitative estimate of drug-likeness (QED) is 0.559. The van der Waals surface area contributed by atoms with Gasteiger partial charge in [-0.05, 0) is 31.2 Å². The number of para-hydroxylation sites is 1. The minimum atomic E-state index is -0.0508. The van der Waals surface area contributed by atoms with Gasteiger partial charge in [0.25, 0.3) is 0 Å². The zero-order chi connectivity index (χ0) is 16.1. The molecule has 0 spiro atoms. The van der Waals surface area contributed by atoms with Gasteiger partial charge in [0, 0.05) is 17.2 Å². The molecule has 0 atom stereocenters. The number of thioether (sulfide) groups is 1. The summed E-state index contributed by atoms with van der Waals surface area (Å²) in [5.41, 5.74) is 2.93. The summed E-state index contributed by atoms with van der Waals surface area (Å²) in [6.45, 7) is 2.89. The highest BCUT2D eigenvalue weighted by Crippen LogP contribution is 2.17. The first-order valence-corrected chi connectivity index (χ1v) is 8.45. The van der Waals surface area contributed by atoms with Crippen LogP contribution in [0.1, 0.15) is 5.56 Å². The van der Waals surface area contributed by atoms with Gasteiger partial charge >= 0.3 is 0 Å². The van der Waals surface area contributed by atoms with Crippen molar-refractivity contribution in [2.45, 2.75) is 18.4 Å². The number of hydrogen-bond donors (Lipinski definition) is 1. The van der Waals surface area contributed by atoms with Crippen LogP contribution in [0.2, 0.25) is 0 Å². The Labute approximate surface area is 139 Å². The van der Waals surface area contributed by atoms with Crippen LogP contribution >= 0.6 is 11.8 Å². The van der Waals surface area contributed by atoms with E-state index in [1.807, 2.05) is 24.3 Å². The Bertz CT molecular complexity index is 798. The topological polar surface area (TPSA) is 59.8 Å². The molecule has 3 rings (SSSR count). The van der Waals surface area contributed by atoms with Crippen LogP contribution in [0.15, 0.2) is 53.4 Å². The van der Waals surface area contributed by atoms with Crippen molar-refractivity contribution in [1.29, 1.82) is 0 Å². The number of amides is 1. The highest BCUT2D eigenvalue weighted by molar-refractivity contribution is 7.99. The highest BCUT2D eigenvalue weighted by atomic mass is 32.2. The van der Waals surface area contributed by atoms with Gasteiger partial charge in [0.1, 0.15) is 12.1 Å². The first kappa shape index (κ1) is 15.6. The van der Waals surface area contributed by atoms with E-state index >= 15 is 0 Å². The minimum Gasteiger partial charge on any atom is -0.354 e. The Kier molecular flexibility index (Phi) is 4.92. The van der Waals surface area contributed by atoms with Crippen molar-refractivity contribution in [2.24, 2.45) is 0 Å². The predicted octanol–water partition coefficient (Wildman–Crippen LogP) is 2.65. The van der Waals surface area contributed by atoms with Crippen LogP contribution in [-0.2, 0) is 11.3 Å². The fourth-order valence-corrected chi connectivity index (χ4v) is 2.99. The van der Waals surface area contributed by atoms with Gasteiger partial charge in [0.15, 0.2) is 0 Å². The fraction of sp³-hybridized carbons (Fsp3) is 0.235. The van der Waals surface area contributed by atoms with E-state index in [4.69, 9.17) is 0 Å². The minimum absolute atomic E-state index is 0.0508. The summed E-state index contributed by atoms with van der Waals surface area (Å²) in [6, 6.07) is 16.0. The second kappa shape index (κ2) is 7.28. The number of aromatic nitrogens is 3. The van der Waals surface area contributed by atoms with Crippen LogP contribution in [0.5, 0.6) is 0 Å². The van der Waals surface area contributed by atoms with E-state index in [2.05, 4.69) is 46.8 Å². The van der Waals surface area contributed by atoms with Crippen LogP contribution in [0.4, 0.5) is 0 Å². The van der Waals surface area contributed by atoms with Crippen molar-refractivity contribution in [1.82, 2.24) is 20.3 Å². The Morgan fingerprint density at radius 2 is 1.96 bits per heavy atom. The molecular formula is C17H18N4OS. The molecule has 0 saturated carbocycles. The molecule has 0 fully saturated rings. The van der Waals surface area contributed by atoms with Gasteiger partial charge in [-0.2, -0.15) is 0 Å². The van der Waals surface area contributed by atoms with E-state index in [-0.39, 0.29) is 12.5 Å². The van der Waals surface area contributed by atoms with Crippen LogP contribution in [0, 0.1) is 6.92 Å². The number of hydrogen-bond acceptors (Lipinski definition) is 4. The smallest absolute Gasteiger partial charge is 0.241 e. The molecule has 1 aromatic heterocycles. The van der Waals surface area contributed by atoms with E-state index in [0.717, 1.165) is 16.8 Å². The zero-order valence-corrected chi connectivity index (χ0v) is 13.7. The zero-order valence-electron chi connectivity index (χ0n) is 12.9. The molecule has 1 heterocycles. The summed E-state index contributed by atoms with van der Waals surface area (Å²) in [6.07, 6.45) is 0. The number of benzene rings is 2. The normalized spacial score (nSPS) is 10.8. The lowest BCUT2D eigenvalue weighted by molar-refractivity contribution is -0.121. The molecule has 0 aliphatic rings. The Balaban J connectivity index is 1.45.